The Morgan fingerprint density at radius 2 is 2.12 bits per heavy atom. The smallest absolute Gasteiger partial charge is 0.236 e. The van der Waals surface area contributed by atoms with Crippen LogP contribution in [0.4, 0.5) is 0 Å². The van der Waals surface area contributed by atoms with E-state index in [0.717, 1.165) is 13.1 Å². The van der Waals surface area contributed by atoms with Gasteiger partial charge in [0.1, 0.15) is 0 Å². The number of hydrogen-bond donors (Lipinski definition) is 1. The van der Waals surface area contributed by atoms with E-state index in [0.29, 0.717) is 24.5 Å². The lowest BCUT2D eigenvalue weighted by Gasteiger charge is -2.26. The molecule has 1 unspecified atom stereocenters. The Kier molecular flexibility index (Phi) is 5.70. The zero-order valence-corrected chi connectivity index (χ0v) is 11.6. The number of carbonyl (C=O) groups is 1. The normalized spacial score (nSPS) is 24.5. The highest BCUT2D eigenvalue weighted by molar-refractivity contribution is 5.85. The second kappa shape index (κ2) is 6.57. The predicted molar refractivity (Wildman–Crippen MR) is 71.6 cm³/mol. The summed E-state index contributed by atoms with van der Waals surface area (Å²) in [5.74, 6) is 0.297. The molecule has 1 aliphatic heterocycles. The van der Waals surface area contributed by atoms with Gasteiger partial charge in [-0.25, -0.2) is 0 Å². The highest BCUT2D eigenvalue weighted by Crippen LogP contribution is 2.26. The molecule has 0 aromatic carbocycles. The SMILES string of the molecule is CNCC1CCCN1CC(=O)N(C)C1CC1.Cl. The summed E-state index contributed by atoms with van der Waals surface area (Å²) in [6.07, 6.45) is 4.85. The topological polar surface area (TPSA) is 35.6 Å². The van der Waals surface area contributed by atoms with Crippen molar-refractivity contribution in [2.45, 2.75) is 37.8 Å². The maximum Gasteiger partial charge on any atom is 0.236 e. The van der Waals surface area contributed by atoms with Crippen molar-refractivity contribution < 1.29 is 4.79 Å². The van der Waals surface area contributed by atoms with Crippen molar-refractivity contribution >= 4 is 18.3 Å². The maximum atomic E-state index is 12.0. The fourth-order valence-electron chi connectivity index (χ4n) is 2.52. The third-order valence-corrected chi connectivity index (χ3v) is 3.77. The molecule has 0 bridgehead atoms. The van der Waals surface area contributed by atoms with Crippen molar-refractivity contribution in [3.63, 3.8) is 0 Å². The Hall–Kier alpha value is -0.320. The van der Waals surface area contributed by atoms with Gasteiger partial charge in [-0.3, -0.25) is 9.69 Å². The molecule has 0 radical (unpaired) electrons. The number of halogens is 1. The molecule has 5 heteroatoms. The van der Waals surface area contributed by atoms with E-state index in [2.05, 4.69) is 10.2 Å². The third kappa shape index (κ3) is 3.83. The molecule has 2 fully saturated rings. The molecule has 4 nitrogen and oxygen atoms in total. The van der Waals surface area contributed by atoms with E-state index in [1.165, 1.54) is 25.7 Å². The zero-order valence-electron chi connectivity index (χ0n) is 10.8. The Balaban J connectivity index is 0.00000144. The molecule has 0 aromatic heterocycles. The molecule has 1 N–H and O–H groups in total. The summed E-state index contributed by atoms with van der Waals surface area (Å²) in [5.41, 5.74) is 0. The lowest BCUT2D eigenvalue weighted by Crippen LogP contribution is -2.44. The first-order chi connectivity index (χ1) is 7.72. The van der Waals surface area contributed by atoms with Crippen molar-refractivity contribution in [3.05, 3.63) is 0 Å². The Morgan fingerprint density at radius 1 is 1.41 bits per heavy atom. The van der Waals surface area contributed by atoms with E-state index >= 15 is 0 Å². The first-order valence-electron chi connectivity index (χ1n) is 6.36. The van der Waals surface area contributed by atoms with E-state index in [-0.39, 0.29) is 12.4 Å². The van der Waals surface area contributed by atoms with Crippen molar-refractivity contribution in [1.82, 2.24) is 15.1 Å². The summed E-state index contributed by atoms with van der Waals surface area (Å²) in [6.45, 7) is 2.69. The molecule has 1 saturated heterocycles. The molecule has 17 heavy (non-hydrogen) atoms. The van der Waals surface area contributed by atoms with Crippen molar-refractivity contribution in [3.8, 4) is 0 Å². The standard InChI is InChI=1S/C12H23N3O.ClH/c1-13-8-11-4-3-7-15(11)9-12(16)14(2)10-5-6-10;/h10-11,13H,3-9H2,1-2H3;1H. The van der Waals surface area contributed by atoms with Gasteiger partial charge in [-0.05, 0) is 39.3 Å². The van der Waals surface area contributed by atoms with Crippen LogP contribution < -0.4 is 5.32 Å². The summed E-state index contributed by atoms with van der Waals surface area (Å²) < 4.78 is 0. The largest absolute Gasteiger partial charge is 0.342 e. The average molecular weight is 262 g/mol. The molecule has 2 aliphatic rings. The van der Waals surface area contributed by atoms with E-state index in [4.69, 9.17) is 0 Å². The maximum absolute atomic E-state index is 12.0. The van der Waals surface area contributed by atoms with Crippen LogP contribution >= 0.6 is 12.4 Å². The number of likely N-dealkylation sites (tertiary alicyclic amines) is 1. The Morgan fingerprint density at radius 3 is 2.71 bits per heavy atom. The second-order valence-corrected chi connectivity index (χ2v) is 5.06. The molecule has 1 saturated carbocycles. The van der Waals surface area contributed by atoms with Crippen LogP contribution in [0.3, 0.4) is 0 Å². The van der Waals surface area contributed by atoms with Gasteiger partial charge in [-0.2, -0.15) is 0 Å². The lowest BCUT2D eigenvalue weighted by atomic mass is 10.2. The van der Waals surface area contributed by atoms with Gasteiger partial charge >= 0.3 is 0 Å². The molecule has 2 rings (SSSR count). The zero-order chi connectivity index (χ0) is 11.5. The number of nitrogens with zero attached hydrogens (tertiary/aromatic N) is 2. The number of amides is 1. The molecule has 1 atom stereocenters. The average Bonchev–Trinajstić information content (AvgIpc) is 3.03. The summed E-state index contributed by atoms with van der Waals surface area (Å²) in [7, 11) is 3.93. The molecular weight excluding hydrogens is 238 g/mol. The summed E-state index contributed by atoms with van der Waals surface area (Å²) in [4.78, 5) is 16.3. The minimum Gasteiger partial charge on any atom is -0.342 e. The summed E-state index contributed by atoms with van der Waals surface area (Å²) >= 11 is 0. The third-order valence-electron chi connectivity index (χ3n) is 3.77. The Bertz CT molecular complexity index is 258. The van der Waals surface area contributed by atoms with Crippen molar-refractivity contribution in [1.29, 1.82) is 0 Å². The van der Waals surface area contributed by atoms with E-state index in [9.17, 15) is 4.79 Å². The lowest BCUT2D eigenvalue weighted by molar-refractivity contribution is -0.131. The van der Waals surface area contributed by atoms with E-state index in [1.807, 2.05) is 19.0 Å². The number of hydrogen-bond acceptors (Lipinski definition) is 3. The molecule has 100 valence electrons. The predicted octanol–water partition coefficient (Wildman–Crippen LogP) is 0.713. The molecule has 0 aromatic rings. The number of nitrogens with one attached hydrogen (secondary N) is 1. The highest BCUT2D eigenvalue weighted by Gasteiger charge is 2.32. The molecular formula is C12H24ClN3O. The van der Waals surface area contributed by atoms with Gasteiger partial charge in [0, 0.05) is 25.7 Å². The summed E-state index contributed by atoms with van der Waals surface area (Å²) in [5, 5.41) is 3.21. The van der Waals surface area contributed by atoms with Crippen LogP contribution in [0.25, 0.3) is 0 Å². The first kappa shape index (κ1) is 14.7. The number of rotatable bonds is 5. The van der Waals surface area contributed by atoms with Crippen LogP contribution in [0.5, 0.6) is 0 Å². The monoisotopic (exact) mass is 261 g/mol. The van der Waals surface area contributed by atoms with Crippen LogP contribution in [0.2, 0.25) is 0 Å². The molecule has 1 amide bonds. The van der Waals surface area contributed by atoms with Crippen LogP contribution in [-0.2, 0) is 4.79 Å². The van der Waals surface area contributed by atoms with Gasteiger partial charge in [0.05, 0.1) is 6.54 Å². The van der Waals surface area contributed by atoms with Gasteiger partial charge in [-0.1, -0.05) is 0 Å². The minimum atomic E-state index is 0. The van der Waals surface area contributed by atoms with Crippen LogP contribution in [0, 0.1) is 0 Å². The fourth-order valence-corrected chi connectivity index (χ4v) is 2.52. The molecule has 1 heterocycles. The van der Waals surface area contributed by atoms with Crippen LogP contribution in [-0.4, -0.2) is 61.5 Å². The van der Waals surface area contributed by atoms with Crippen LogP contribution in [0.1, 0.15) is 25.7 Å². The number of likely N-dealkylation sites (N-methyl/N-ethyl adjacent to an activating group) is 2. The number of carbonyl (C=O) groups excluding carboxylic acids is 1. The van der Waals surface area contributed by atoms with Gasteiger partial charge in [-0.15, -0.1) is 12.4 Å². The van der Waals surface area contributed by atoms with Crippen molar-refractivity contribution in [2.24, 2.45) is 0 Å². The first-order valence-corrected chi connectivity index (χ1v) is 6.36. The highest BCUT2D eigenvalue weighted by atomic mass is 35.5. The minimum absolute atomic E-state index is 0. The fraction of sp³-hybridized carbons (Fsp3) is 0.917. The van der Waals surface area contributed by atoms with Gasteiger partial charge < -0.3 is 10.2 Å². The quantitative estimate of drug-likeness (QED) is 0.792. The van der Waals surface area contributed by atoms with E-state index in [1.54, 1.807) is 0 Å². The van der Waals surface area contributed by atoms with Gasteiger partial charge in [0.15, 0.2) is 0 Å². The van der Waals surface area contributed by atoms with Gasteiger partial charge in [0.25, 0.3) is 0 Å². The van der Waals surface area contributed by atoms with Gasteiger partial charge in [0.2, 0.25) is 5.91 Å². The van der Waals surface area contributed by atoms with Crippen molar-refractivity contribution in [2.75, 3.05) is 33.7 Å². The Labute approximate surface area is 110 Å². The molecule has 0 spiro atoms. The summed E-state index contributed by atoms with van der Waals surface area (Å²) in [6, 6.07) is 1.10. The van der Waals surface area contributed by atoms with Crippen LogP contribution in [0.15, 0.2) is 0 Å². The van der Waals surface area contributed by atoms with E-state index < -0.39 is 0 Å². The second-order valence-electron chi connectivity index (χ2n) is 5.06. The molecule has 1 aliphatic carbocycles.